The number of nitrogens with one attached hydrogen (secondary N) is 2. The molecule has 0 unspecified atom stereocenters. The number of hydrogen-bond acceptors (Lipinski definition) is 6. The van der Waals surface area contributed by atoms with Crippen LogP contribution in [0.3, 0.4) is 0 Å². The van der Waals surface area contributed by atoms with Crippen LogP contribution in [0.5, 0.6) is 0 Å². The molecule has 2 aromatic carbocycles. The van der Waals surface area contributed by atoms with Crippen LogP contribution in [0.4, 0.5) is 25.0 Å². The minimum absolute atomic E-state index is 0.0171. The molecule has 0 aliphatic carbocycles. The summed E-state index contributed by atoms with van der Waals surface area (Å²) in [6.45, 7) is 6.74. The van der Waals surface area contributed by atoms with Gasteiger partial charge in [0.2, 0.25) is 0 Å². The molecule has 39 heavy (non-hydrogen) atoms. The first-order chi connectivity index (χ1) is 18.9. The molecule has 3 saturated heterocycles. The van der Waals surface area contributed by atoms with Gasteiger partial charge in [0.05, 0.1) is 24.6 Å². The second-order valence-electron chi connectivity index (χ2n) is 9.74. The van der Waals surface area contributed by atoms with Crippen molar-refractivity contribution in [3.05, 3.63) is 59.2 Å². The van der Waals surface area contributed by atoms with E-state index in [1.54, 1.807) is 32.9 Å². The van der Waals surface area contributed by atoms with Crippen molar-refractivity contribution in [1.29, 1.82) is 0 Å². The van der Waals surface area contributed by atoms with Gasteiger partial charge >= 0.3 is 6.03 Å². The molecule has 0 spiro atoms. The van der Waals surface area contributed by atoms with Crippen molar-refractivity contribution < 1.29 is 27.9 Å². The number of rotatable bonds is 4. The molecule has 0 radical (unpaired) electrons. The summed E-state index contributed by atoms with van der Waals surface area (Å²) in [5, 5.41) is 5.98. The molecular weight excluding hydrogens is 510 g/mol. The number of amides is 4. The first-order valence-corrected chi connectivity index (χ1v) is 13.2. The van der Waals surface area contributed by atoms with Crippen LogP contribution in [0, 0.1) is 11.6 Å². The average Bonchev–Trinajstić information content (AvgIpc) is 2.97. The average molecular weight is 543 g/mol. The third kappa shape index (κ3) is 6.28. The maximum absolute atomic E-state index is 13.8. The van der Waals surface area contributed by atoms with Gasteiger partial charge in [0, 0.05) is 82.6 Å². The van der Waals surface area contributed by atoms with E-state index in [9.17, 15) is 23.2 Å². The van der Waals surface area contributed by atoms with Gasteiger partial charge < -0.3 is 35.0 Å². The lowest BCUT2D eigenvalue weighted by molar-refractivity contribution is 0.0428. The summed E-state index contributed by atoms with van der Waals surface area (Å²) in [6, 6.07) is 7.72. The smallest absolute Gasteiger partial charge is 0.320 e. The van der Waals surface area contributed by atoms with E-state index in [4.69, 9.17) is 4.74 Å². The molecule has 208 valence electrons. The van der Waals surface area contributed by atoms with Gasteiger partial charge in [-0.1, -0.05) is 0 Å². The number of anilines is 2. The molecule has 2 aromatic rings. The van der Waals surface area contributed by atoms with E-state index in [1.165, 1.54) is 0 Å². The van der Waals surface area contributed by atoms with E-state index in [0.29, 0.717) is 102 Å². The number of piperazine rings is 2. The third-order valence-corrected chi connectivity index (χ3v) is 7.19. The van der Waals surface area contributed by atoms with Crippen molar-refractivity contribution in [2.45, 2.75) is 0 Å². The van der Waals surface area contributed by atoms with Crippen LogP contribution < -0.4 is 15.5 Å². The Bertz CT molecular complexity index is 1200. The van der Waals surface area contributed by atoms with Crippen LogP contribution in [-0.4, -0.2) is 111 Å². The maximum Gasteiger partial charge on any atom is 0.320 e. The van der Waals surface area contributed by atoms with Crippen molar-refractivity contribution >= 4 is 29.2 Å². The van der Waals surface area contributed by atoms with Gasteiger partial charge in [-0.05, 0) is 30.3 Å². The Morgan fingerprint density at radius 3 is 2.05 bits per heavy atom. The molecule has 0 atom stereocenters. The standard InChI is InChI=1S/C27H32F2N6O4/c28-21-15-20(16-22(29)18-21)25(36)31-23-17-19(26(37)33-5-3-30-4-6-33)1-2-24(23)32-7-9-34(10-8-32)27(38)35-11-13-39-14-12-35/h1-2,15-18,30H,3-14H2,(H,31,36). The fourth-order valence-corrected chi connectivity index (χ4v) is 5.07. The van der Waals surface area contributed by atoms with Crippen LogP contribution in [0.1, 0.15) is 20.7 Å². The molecule has 3 heterocycles. The van der Waals surface area contributed by atoms with Gasteiger partial charge in [0.1, 0.15) is 11.6 Å². The highest BCUT2D eigenvalue weighted by Gasteiger charge is 2.28. The molecule has 3 aliphatic rings. The Labute approximate surface area is 225 Å². The van der Waals surface area contributed by atoms with Crippen LogP contribution in [0.2, 0.25) is 0 Å². The fourth-order valence-electron chi connectivity index (χ4n) is 5.07. The van der Waals surface area contributed by atoms with Crippen molar-refractivity contribution in [3.8, 4) is 0 Å². The van der Waals surface area contributed by atoms with Crippen molar-refractivity contribution in [2.24, 2.45) is 0 Å². The molecule has 2 N–H and O–H groups in total. The van der Waals surface area contributed by atoms with Crippen LogP contribution in [0.15, 0.2) is 36.4 Å². The molecule has 4 amide bonds. The van der Waals surface area contributed by atoms with E-state index in [0.717, 1.165) is 12.1 Å². The van der Waals surface area contributed by atoms with Gasteiger partial charge in [0.25, 0.3) is 11.8 Å². The largest absolute Gasteiger partial charge is 0.378 e. The summed E-state index contributed by atoms with van der Waals surface area (Å²) in [7, 11) is 0. The number of urea groups is 1. The predicted octanol–water partition coefficient (Wildman–Crippen LogP) is 1.84. The summed E-state index contributed by atoms with van der Waals surface area (Å²) in [5.41, 5.74) is 1.26. The van der Waals surface area contributed by atoms with Gasteiger partial charge in [-0.3, -0.25) is 9.59 Å². The molecule has 3 aliphatic heterocycles. The number of halogens is 2. The summed E-state index contributed by atoms with van der Waals surface area (Å²) in [6.07, 6.45) is 0. The molecule has 0 bridgehead atoms. The third-order valence-electron chi connectivity index (χ3n) is 7.19. The van der Waals surface area contributed by atoms with Gasteiger partial charge in [-0.2, -0.15) is 0 Å². The van der Waals surface area contributed by atoms with Crippen LogP contribution >= 0.6 is 0 Å². The zero-order valence-corrected chi connectivity index (χ0v) is 21.6. The summed E-state index contributed by atoms with van der Waals surface area (Å²) in [4.78, 5) is 46.5. The Morgan fingerprint density at radius 1 is 0.744 bits per heavy atom. The van der Waals surface area contributed by atoms with Crippen LogP contribution in [-0.2, 0) is 4.74 Å². The lowest BCUT2D eigenvalue weighted by Gasteiger charge is -2.40. The van der Waals surface area contributed by atoms with E-state index in [2.05, 4.69) is 10.6 Å². The Balaban J connectivity index is 1.36. The molecule has 3 fully saturated rings. The lowest BCUT2D eigenvalue weighted by atomic mass is 10.1. The Hall–Kier alpha value is -3.77. The minimum Gasteiger partial charge on any atom is -0.378 e. The summed E-state index contributed by atoms with van der Waals surface area (Å²) >= 11 is 0. The summed E-state index contributed by atoms with van der Waals surface area (Å²) in [5.74, 6) is -2.56. The van der Waals surface area contributed by atoms with Gasteiger partial charge in [-0.25, -0.2) is 13.6 Å². The highest BCUT2D eigenvalue weighted by molar-refractivity contribution is 6.07. The zero-order valence-electron chi connectivity index (χ0n) is 21.6. The highest BCUT2D eigenvalue weighted by Crippen LogP contribution is 2.30. The monoisotopic (exact) mass is 542 g/mol. The van der Waals surface area contributed by atoms with E-state index in [1.807, 2.05) is 4.90 Å². The second kappa shape index (κ2) is 12.0. The number of carbonyl (C=O) groups is 3. The molecule has 10 nitrogen and oxygen atoms in total. The van der Waals surface area contributed by atoms with E-state index < -0.39 is 17.5 Å². The fraction of sp³-hybridized carbons (Fsp3) is 0.444. The highest BCUT2D eigenvalue weighted by atomic mass is 19.1. The summed E-state index contributed by atoms with van der Waals surface area (Å²) < 4.78 is 32.9. The number of benzene rings is 2. The first kappa shape index (κ1) is 26.8. The molecular formula is C27H32F2N6O4. The molecule has 12 heteroatoms. The number of morpholine rings is 1. The maximum atomic E-state index is 13.8. The number of carbonyl (C=O) groups excluding carboxylic acids is 3. The van der Waals surface area contributed by atoms with Crippen molar-refractivity contribution in [3.63, 3.8) is 0 Å². The SMILES string of the molecule is O=C(Nc1cc(C(=O)N2CCNCC2)ccc1N1CCN(C(=O)N2CCOCC2)CC1)c1cc(F)cc(F)c1. The predicted molar refractivity (Wildman–Crippen MR) is 141 cm³/mol. The van der Waals surface area contributed by atoms with Crippen LogP contribution in [0.25, 0.3) is 0 Å². The second-order valence-corrected chi connectivity index (χ2v) is 9.74. The quantitative estimate of drug-likeness (QED) is 0.612. The normalized spacial score (nSPS) is 18.2. The molecule has 0 aromatic heterocycles. The lowest BCUT2D eigenvalue weighted by Crippen LogP contribution is -2.55. The van der Waals surface area contributed by atoms with Crippen molar-refractivity contribution in [1.82, 2.24) is 20.0 Å². The number of ether oxygens (including phenoxy) is 1. The zero-order chi connectivity index (χ0) is 27.4. The van der Waals surface area contributed by atoms with E-state index in [-0.39, 0.29) is 17.5 Å². The molecule has 5 rings (SSSR count). The molecule has 0 saturated carbocycles. The first-order valence-electron chi connectivity index (χ1n) is 13.2. The van der Waals surface area contributed by atoms with Crippen molar-refractivity contribution in [2.75, 3.05) is 88.9 Å². The Morgan fingerprint density at radius 2 is 1.38 bits per heavy atom. The minimum atomic E-state index is -0.857. The number of nitrogens with zero attached hydrogens (tertiary/aromatic N) is 4. The van der Waals surface area contributed by atoms with E-state index >= 15 is 0 Å². The van der Waals surface area contributed by atoms with Gasteiger partial charge in [0.15, 0.2) is 0 Å². The number of hydrogen-bond donors (Lipinski definition) is 2. The van der Waals surface area contributed by atoms with Gasteiger partial charge in [-0.15, -0.1) is 0 Å². The Kier molecular flexibility index (Phi) is 8.22. The topological polar surface area (TPSA) is 97.5 Å².